The van der Waals surface area contributed by atoms with Gasteiger partial charge in [-0.3, -0.25) is 14.5 Å². The fourth-order valence-electron chi connectivity index (χ4n) is 3.76. The maximum Gasteiger partial charge on any atom is 0.490 e. The van der Waals surface area contributed by atoms with Crippen molar-refractivity contribution in [1.82, 2.24) is 10.2 Å². The van der Waals surface area contributed by atoms with E-state index in [9.17, 15) is 45.8 Å². The Balaban J connectivity index is 0.000000421. The minimum Gasteiger partial charge on any atom is -0.477 e. The van der Waals surface area contributed by atoms with Crippen LogP contribution < -0.4 is 16.8 Å². The molecule has 244 valence electrons. The zero-order chi connectivity index (χ0) is 34.3. The first kappa shape index (κ1) is 36.4. The van der Waals surface area contributed by atoms with Gasteiger partial charge in [-0.1, -0.05) is 42.5 Å². The van der Waals surface area contributed by atoms with Gasteiger partial charge < -0.3 is 32.1 Å². The third kappa shape index (κ3) is 9.86. The summed E-state index contributed by atoms with van der Waals surface area (Å²) in [5, 5.41) is 26.3. The number of nitrogens with two attached hydrogens (primary N) is 2. The van der Waals surface area contributed by atoms with E-state index < -0.39 is 59.5 Å². The summed E-state index contributed by atoms with van der Waals surface area (Å²) in [4.78, 5) is 56.4. The van der Waals surface area contributed by atoms with Crippen LogP contribution in [-0.4, -0.2) is 79.5 Å². The van der Waals surface area contributed by atoms with E-state index in [1.54, 1.807) is 36.4 Å². The quantitative estimate of drug-likeness (QED) is 0.150. The molecule has 2 aromatic carbocycles. The lowest BCUT2D eigenvalue weighted by Crippen LogP contribution is -2.71. The van der Waals surface area contributed by atoms with Crippen LogP contribution in [0.2, 0.25) is 0 Å². The number of aliphatic carboxylic acids is 3. The van der Waals surface area contributed by atoms with E-state index in [0.29, 0.717) is 29.0 Å². The van der Waals surface area contributed by atoms with Crippen LogP contribution in [0.5, 0.6) is 0 Å². The molecule has 2 aromatic rings. The highest BCUT2D eigenvalue weighted by Crippen LogP contribution is 2.41. The molecule has 12 nitrogen and oxygen atoms in total. The molecule has 0 radical (unpaired) electrons. The number of amides is 2. The van der Waals surface area contributed by atoms with Gasteiger partial charge in [-0.05, 0) is 35.3 Å². The summed E-state index contributed by atoms with van der Waals surface area (Å²) in [6, 6.07) is 14.3. The first-order valence-corrected chi connectivity index (χ1v) is 13.3. The molecule has 45 heavy (non-hydrogen) atoms. The molecule has 1 saturated heterocycles. The van der Waals surface area contributed by atoms with Crippen LogP contribution >= 0.6 is 11.8 Å². The van der Waals surface area contributed by atoms with Crippen LogP contribution in [0, 0.1) is 0 Å². The number of nitrogens with one attached hydrogen (secondary N) is 1. The second kappa shape index (κ2) is 14.8. The molecule has 4 rings (SSSR count). The number of rotatable bonds is 6. The number of hydrogen-bond acceptors (Lipinski definition) is 8. The molecule has 3 atom stereocenters. The standard InChI is InChI=1S/C22H22N4O4S.2C2HF3O2/c23-15-8-6-12(7-9-15)10-14-11-31-21-17(20(28)26(21)18(14)22(29)30)25-19(27)16(24)13-4-2-1-3-5-13;2*3-2(4,5)1(6)7/h1-9,16-17,21H,10-11,23-24H2,(H,25,27)(H,29,30);2*(H,6,7)/t16-,17-,21-;;/m1../s1. The van der Waals surface area contributed by atoms with Crippen LogP contribution in [0.1, 0.15) is 17.2 Å². The van der Waals surface area contributed by atoms with Crippen molar-refractivity contribution in [2.24, 2.45) is 5.73 Å². The van der Waals surface area contributed by atoms with Crippen molar-refractivity contribution in [3.05, 3.63) is 77.0 Å². The number of β-lactam (4-membered cyclic amide) rings is 1. The fourth-order valence-corrected chi connectivity index (χ4v) is 5.10. The highest BCUT2D eigenvalue weighted by Gasteiger charge is 2.54. The predicted octanol–water partition coefficient (Wildman–Crippen LogP) is 2.52. The topological polar surface area (TPSA) is 213 Å². The maximum atomic E-state index is 12.8. The van der Waals surface area contributed by atoms with Gasteiger partial charge in [0.1, 0.15) is 23.2 Å². The summed E-state index contributed by atoms with van der Waals surface area (Å²) >= 11 is 1.43. The van der Waals surface area contributed by atoms with E-state index in [1.165, 1.54) is 16.7 Å². The molecule has 0 spiro atoms. The molecule has 0 bridgehead atoms. The van der Waals surface area contributed by atoms with Crippen LogP contribution in [0.25, 0.3) is 0 Å². The Bertz CT molecular complexity index is 1430. The zero-order valence-corrected chi connectivity index (χ0v) is 23.3. The highest BCUT2D eigenvalue weighted by atomic mass is 32.2. The molecular formula is C26H24F6N4O8S. The minimum absolute atomic E-state index is 0.0107. The molecule has 2 aliphatic heterocycles. The number of halogens is 6. The van der Waals surface area contributed by atoms with Crippen LogP contribution in [0.3, 0.4) is 0 Å². The van der Waals surface area contributed by atoms with Gasteiger partial charge in [0.2, 0.25) is 5.91 Å². The average Bonchev–Trinajstić information content (AvgIpc) is 2.96. The van der Waals surface area contributed by atoms with Crippen molar-refractivity contribution >= 4 is 47.2 Å². The van der Waals surface area contributed by atoms with Gasteiger partial charge in [0.25, 0.3) is 5.91 Å². The number of carbonyl (C=O) groups excluding carboxylic acids is 2. The van der Waals surface area contributed by atoms with Crippen molar-refractivity contribution in [3.63, 3.8) is 0 Å². The highest BCUT2D eigenvalue weighted by molar-refractivity contribution is 8.00. The molecular weight excluding hydrogens is 642 g/mol. The third-order valence-corrected chi connectivity index (χ3v) is 7.21. The first-order valence-electron chi connectivity index (χ1n) is 12.2. The molecule has 0 aliphatic carbocycles. The van der Waals surface area contributed by atoms with Gasteiger partial charge in [0.15, 0.2) is 0 Å². The second-order valence-corrected chi connectivity index (χ2v) is 10.2. The number of alkyl halides is 6. The molecule has 0 aromatic heterocycles. The lowest BCUT2D eigenvalue weighted by molar-refractivity contribution is -0.193. The van der Waals surface area contributed by atoms with E-state index in [0.717, 1.165) is 5.56 Å². The van der Waals surface area contributed by atoms with E-state index in [2.05, 4.69) is 5.32 Å². The van der Waals surface area contributed by atoms with Crippen molar-refractivity contribution in [2.45, 2.75) is 36.2 Å². The van der Waals surface area contributed by atoms with Crippen molar-refractivity contribution in [3.8, 4) is 0 Å². The molecule has 2 heterocycles. The van der Waals surface area contributed by atoms with Crippen LogP contribution in [-0.2, 0) is 30.4 Å². The zero-order valence-electron chi connectivity index (χ0n) is 22.5. The molecule has 8 N–H and O–H groups in total. The number of anilines is 1. The van der Waals surface area contributed by atoms with Gasteiger partial charge in [0.05, 0.1) is 0 Å². The summed E-state index contributed by atoms with van der Waals surface area (Å²) in [6.45, 7) is 0. The Morgan fingerprint density at radius 1 is 0.911 bits per heavy atom. The molecule has 1 fully saturated rings. The second-order valence-electron chi connectivity index (χ2n) is 9.07. The SMILES string of the molecule is Nc1ccc(CC2=C(C(=O)O)N3C(=O)[C@@H](NC(=O)[C@H](N)c4ccccc4)[C@H]3SC2)cc1.O=C(O)C(F)(F)F.O=C(O)C(F)(F)F. The third-order valence-electron chi connectivity index (χ3n) is 5.87. The van der Waals surface area contributed by atoms with Crippen molar-refractivity contribution in [1.29, 1.82) is 0 Å². The van der Waals surface area contributed by atoms with Crippen LogP contribution in [0.15, 0.2) is 65.9 Å². The number of nitrogen functional groups attached to an aromatic ring is 1. The summed E-state index contributed by atoms with van der Waals surface area (Å²) in [6.07, 6.45) is -9.76. The number of carboxylic acid groups (broad SMARTS) is 3. The number of thioether (sulfide) groups is 1. The Hall–Kier alpha value is -4.78. The van der Waals surface area contributed by atoms with E-state index in [1.807, 2.05) is 18.2 Å². The number of benzene rings is 2. The predicted molar refractivity (Wildman–Crippen MR) is 145 cm³/mol. The molecule has 19 heteroatoms. The summed E-state index contributed by atoms with van der Waals surface area (Å²) in [5.41, 5.74) is 14.5. The summed E-state index contributed by atoms with van der Waals surface area (Å²) in [7, 11) is 0. The largest absolute Gasteiger partial charge is 0.490 e. The number of carbonyl (C=O) groups is 5. The van der Waals surface area contributed by atoms with Crippen LogP contribution in [0.4, 0.5) is 32.0 Å². The van der Waals surface area contributed by atoms with Gasteiger partial charge >= 0.3 is 30.3 Å². The Morgan fingerprint density at radius 3 is 1.84 bits per heavy atom. The van der Waals surface area contributed by atoms with E-state index >= 15 is 0 Å². The van der Waals surface area contributed by atoms with Gasteiger partial charge in [0, 0.05) is 11.4 Å². The van der Waals surface area contributed by atoms with E-state index in [4.69, 9.17) is 31.3 Å². The normalized spacial score (nSPS) is 18.1. The monoisotopic (exact) mass is 666 g/mol. The Morgan fingerprint density at radius 2 is 1.40 bits per heavy atom. The van der Waals surface area contributed by atoms with Gasteiger partial charge in [-0.2, -0.15) is 26.3 Å². The number of fused-ring (bicyclic) bond motifs is 1. The van der Waals surface area contributed by atoms with Gasteiger partial charge in [-0.15, -0.1) is 11.8 Å². The smallest absolute Gasteiger partial charge is 0.477 e. The summed E-state index contributed by atoms with van der Waals surface area (Å²) < 4.78 is 63.5. The molecule has 0 saturated carbocycles. The van der Waals surface area contributed by atoms with Crippen molar-refractivity contribution < 1.29 is 65.6 Å². The van der Waals surface area contributed by atoms with Crippen molar-refractivity contribution in [2.75, 3.05) is 11.5 Å². The number of nitrogens with zero attached hydrogens (tertiary/aromatic N) is 1. The lowest BCUT2D eigenvalue weighted by Gasteiger charge is -2.49. The number of carboxylic acids is 3. The summed E-state index contributed by atoms with van der Waals surface area (Å²) in [5.74, 6) is -7.15. The van der Waals surface area contributed by atoms with Gasteiger partial charge in [-0.25, -0.2) is 14.4 Å². The molecule has 2 aliphatic rings. The Kier molecular flexibility index (Phi) is 12.0. The Labute approximate surface area is 253 Å². The van der Waals surface area contributed by atoms with E-state index in [-0.39, 0.29) is 5.70 Å². The maximum absolute atomic E-state index is 12.8. The fraction of sp³-hybridized carbons (Fsp3) is 0.269. The molecule has 0 unspecified atom stereocenters. The molecule has 2 amide bonds. The number of hydrogen-bond donors (Lipinski definition) is 6. The lowest BCUT2D eigenvalue weighted by atomic mass is 9.98. The average molecular weight is 667 g/mol. The first-order chi connectivity index (χ1) is 20.7. The minimum atomic E-state index is -5.08.